The normalized spacial score (nSPS) is 42.5. The van der Waals surface area contributed by atoms with E-state index in [9.17, 15) is 14.3 Å². The molecule has 7 unspecified atom stereocenters. The first kappa shape index (κ1) is 16.6. The number of fused-ring (bicyclic) bond motifs is 9. The van der Waals surface area contributed by atoms with Gasteiger partial charge in [-0.25, -0.2) is 9.18 Å². The van der Waals surface area contributed by atoms with Gasteiger partial charge in [0.25, 0.3) is 0 Å². The quantitative estimate of drug-likeness (QED) is 0.771. The SMILES string of the molecule is CC(C)C1(Oc2cc(C(=O)O)ccc2F)CC2CC1C1C3CCC(C3)C21. The van der Waals surface area contributed by atoms with Gasteiger partial charge in [-0.3, -0.25) is 0 Å². The molecule has 0 spiro atoms. The highest BCUT2D eigenvalue weighted by Gasteiger charge is 2.68. The molecule has 0 aliphatic heterocycles. The molecule has 4 saturated carbocycles. The number of hydrogen-bond acceptors (Lipinski definition) is 2. The van der Waals surface area contributed by atoms with Gasteiger partial charge < -0.3 is 9.84 Å². The molecule has 1 aromatic carbocycles. The second-order valence-corrected chi connectivity index (χ2v) is 9.46. The van der Waals surface area contributed by atoms with Gasteiger partial charge in [0.2, 0.25) is 0 Å². The molecule has 4 aliphatic rings. The van der Waals surface area contributed by atoms with Crippen LogP contribution in [0, 0.1) is 47.2 Å². The summed E-state index contributed by atoms with van der Waals surface area (Å²) in [5, 5.41) is 9.26. The maximum Gasteiger partial charge on any atom is 0.335 e. The molecule has 4 aliphatic carbocycles. The average Bonchev–Trinajstić information content (AvgIpc) is 3.34. The van der Waals surface area contributed by atoms with E-state index in [4.69, 9.17) is 4.74 Å². The van der Waals surface area contributed by atoms with E-state index < -0.39 is 11.8 Å². The van der Waals surface area contributed by atoms with Crippen LogP contribution in [0.1, 0.15) is 56.3 Å². The Kier molecular flexibility index (Phi) is 3.48. The molecule has 4 fully saturated rings. The fourth-order valence-electron chi connectivity index (χ4n) is 7.44. The monoisotopic (exact) mass is 358 g/mol. The van der Waals surface area contributed by atoms with Crippen molar-refractivity contribution in [2.75, 3.05) is 0 Å². The average molecular weight is 358 g/mol. The summed E-state index contributed by atoms with van der Waals surface area (Å²) in [5.74, 6) is 3.43. The lowest BCUT2D eigenvalue weighted by Crippen LogP contribution is -2.52. The van der Waals surface area contributed by atoms with Gasteiger partial charge in [-0.2, -0.15) is 0 Å². The minimum absolute atomic E-state index is 0.0845. The molecule has 1 N–H and O–H groups in total. The Morgan fingerprint density at radius 2 is 1.92 bits per heavy atom. The highest BCUT2D eigenvalue weighted by atomic mass is 19.1. The molecule has 0 radical (unpaired) electrons. The van der Waals surface area contributed by atoms with E-state index in [0.717, 1.165) is 30.1 Å². The Bertz CT molecular complexity index is 760. The molecule has 0 aromatic heterocycles. The molecule has 5 rings (SSSR count). The Labute approximate surface area is 153 Å². The maximum absolute atomic E-state index is 14.5. The smallest absolute Gasteiger partial charge is 0.335 e. The summed E-state index contributed by atoms with van der Waals surface area (Å²) in [6.45, 7) is 4.36. The summed E-state index contributed by atoms with van der Waals surface area (Å²) in [7, 11) is 0. The second-order valence-electron chi connectivity index (χ2n) is 9.46. The van der Waals surface area contributed by atoms with Crippen LogP contribution in [0.2, 0.25) is 0 Å². The molecule has 1 aromatic rings. The fourth-order valence-corrected chi connectivity index (χ4v) is 7.44. The molecule has 140 valence electrons. The van der Waals surface area contributed by atoms with Crippen molar-refractivity contribution in [1.29, 1.82) is 0 Å². The summed E-state index contributed by atoms with van der Waals surface area (Å²) in [4.78, 5) is 11.3. The topological polar surface area (TPSA) is 46.5 Å². The summed E-state index contributed by atoms with van der Waals surface area (Å²) >= 11 is 0. The number of carbonyl (C=O) groups is 1. The van der Waals surface area contributed by atoms with Crippen LogP contribution < -0.4 is 4.74 Å². The standard InChI is InChI=1S/C22H27FO3/c1-11(2)22(26-18-9-14(21(24)25)5-6-17(18)23)10-15-8-16(22)20-13-4-3-12(7-13)19(15)20/h5-6,9,11-13,15-16,19-20H,3-4,7-8,10H2,1-2H3,(H,24,25). The van der Waals surface area contributed by atoms with E-state index in [2.05, 4.69) is 13.8 Å². The van der Waals surface area contributed by atoms with E-state index >= 15 is 0 Å². The van der Waals surface area contributed by atoms with Crippen molar-refractivity contribution >= 4 is 5.97 Å². The second kappa shape index (κ2) is 5.46. The maximum atomic E-state index is 14.5. The van der Waals surface area contributed by atoms with Crippen molar-refractivity contribution in [3.05, 3.63) is 29.6 Å². The third kappa shape index (κ3) is 2.07. The van der Waals surface area contributed by atoms with Crippen molar-refractivity contribution in [3.8, 4) is 5.75 Å². The number of rotatable bonds is 4. The molecule has 7 atom stereocenters. The van der Waals surface area contributed by atoms with E-state index in [-0.39, 0.29) is 22.8 Å². The Hall–Kier alpha value is -1.58. The van der Waals surface area contributed by atoms with Crippen LogP contribution in [-0.4, -0.2) is 16.7 Å². The molecule has 4 bridgehead atoms. The van der Waals surface area contributed by atoms with Crippen LogP contribution in [0.4, 0.5) is 4.39 Å². The number of ether oxygens (including phenoxy) is 1. The Morgan fingerprint density at radius 3 is 2.62 bits per heavy atom. The van der Waals surface area contributed by atoms with Crippen LogP contribution in [-0.2, 0) is 0 Å². The highest BCUT2D eigenvalue weighted by Crippen LogP contribution is 2.71. The summed E-state index contributed by atoms with van der Waals surface area (Å²) in [6.07, 6.45) is 6.35. The first-order chi connectivity index (χ1) is 12.4. The van der Waals surface area contributed by atoms with Crippen molar-refractivity contribution in [2.45, 2.75) is 51.6 Å². The molecule has 3 nitrogen and oxygen atoms in total. The number of aromatic carboxylic acids is 1. The van der Waals surface area contributed by atoms with Gasteiger partial charge in [0, 0.05) is 5.92 Å². The molecule has 4 heteroatoms. The summed E-state index contributed by atoms with van der Waals surface area (Å²) in [6, 6.07) is 3.89. The fraction of sp³-hybridized carbons (Fsp3) is 0.682. The van der Waals surface area contributed by atoms with Gasteiger partial charge in [0.15, 0.2) is 11.6 Å². The van der Waals surface area contributed by atoms with Gasteiger partial charge in [-0.1, -0.05) is 13.8 Å². The number of halogens is 1. The van der Waals surface area contributed by atoms with Gasteiger partial charge in [0.05, 0.1) is 5.56 Å². The van der Waals surface area contributed by atoms with E-state index in [1.165, 1.54) is 43.9 Å². The third-order valence-electron chi connectivity index (χ3n) is 8.28. The zero-order valence-corrected chi connectivity index (χ0v) is 15.5. The van der Waals surface area contributed by atoms with Crippen molar-refractivity contribution in [3.63, 3.8) is 0 Å². The molecule has 0 amide bonds. The number of carboxylic acid groups (broad SMARTS) is 1. The third-order valence-corrected chi connectivity index (χ3v) is 8.28. The Balaban J connectivity index is 1.51. The van der Waals surface area contributed by atoms with Gasteiger partial charge in [0.1, 0.15) is 5.60 Å². The minimum Gasteiger partial charge on any atom is -0.484 e. The van der Waals surface area contributed by atoms with Gasteiger partial charge >= 0.3 is 5.97 Å². The predicted molar refractivity (Wildman–Crippen MR) is 95.6 cm³/mol. The first-order valence-electron chi connectivity index (χ1n) is 10.1. The first-order valence-corrected chi connectivity index (χ1v) is 10.1. The van der Waals surface area contributed by atoms with Crippen LogP contribution in [0.5, 0.6) is 5.75 Å². The number of benzene rings is 1. The highest BCUT2D eigenvalue weighted by molar-refractivity contribution is 5.88. The van der Waals surface area contributed by atoms with Gasteiger partial charge in [-0.15, -0.1) is 0 Å². The molecule has 0 heterocycles. The zero-order valence-electron chi connectivity index (χ0n) is 15.5. The van der Waals surface area contributed by atoms with Crippen LogP contribution in [0.25, 0.3) is 0 Å². The lowest BCUT2D eigenvalue weighted by atomic mass is 9.63. The van der Waals surface area contributed by atoms with Crippen LogP contribution >= 0.6 is 0 Å². The summed E-state index contributed by atoms with van der Waals surface area (Å²) in [5.41, 5.74) is -0.268. The van der Waals surface area contributed by atoms with Crippen LogP contribution in [0.15, 0.2) is 18.2 Å². The zero-order chi connectivity index (χ0) is 18.2. The summed E-state index contributed by atoms with van der Waals surface area (Å²) < 4.78 is 20.9. The van der Waals surface area contributed by atoms with Crippen molar-refractivity contribution in [1.82, 2.24) is 0 Å². The van der Waals surface area contributed by atoms with E-state index in [1.54, 1.807) is 0 Å². The lowest BCUT2D eigenvalue weighted by molar-refractivity contribution is -0.0768. The van der Waals surface area contributed by atoms with Crippen molar-refractivity contribution < 1.29 is 19.0 Å². The van der Waals surface area contributed by atoms with Crippen molar-refractivity contribution in [2.24, 2.45) is 41.4 Å². The molecule has 0 saturated heterocycles. The number of hydrogen-bond donors (Lipinski definition) is 1. The predicted octanol–water partition coefficient (Wildman–Crippen LogP) is 5.00. The molecule has 26 heavy (non-hydrogen) atoms. The molecular weight excluding hydrogens is 331 g/mol. The van der Waals surface area contributed by atoms with E-state index in [0.29, 0.717) is 11.8 Å². The minimum atomic E-state index is -1.05. The number of carboxylic acids is 1. The van der Waals surface area contributed by atoms with Crippen LogP contribution in [0.3, 0.4) is 0 Å². The largest absolute Gasteiger partial charge is 0.484 e. The Morgan fingerprint density at radius 1 is 1.19 bits per heavy atom. The van der Waals surface area contributed by atoms with E-state index in [1.807, 2.05) is 0 Å². The van der Waals surface area contributed by atoms with Gasteiger partial charge in [-0.05, 0) is 85.8 Å². The lowest BCUT2D eigenvalue weighted by Gasteiger charge is -2.48. The molecular formula is C22H27FO3.